The number of aromatic amines is 1. The van der Waals surface area contributed by atoms with Gasteiger partial charge in [0.2, 0.25) is 0 Å². The molecular weight excluding hydrogens is 324 g/mol. The van der Waals surface area contributed by atoms with Crippen LogP contribution in [-0.2, 0) is 0 Å². The van der Waals surface area contributed by atoms with Gasteiger partial charge in [0, 0.05) is 12.1 Å². The van der Waals surface area contributed by atoms with E-state index in [1.807, 2.05) is 37.3 Å². The molecule has 0 aliphatic carbocycles. The van der Waals surface area contributed by atoms with Gasteiger partial charge in [-0.2, -0.15) is 0 Å². The van der Waals surface area contributed by atoms with Gasteiger partial charge in [0.15, 0.2) is 0 Å². The van der Waals surface area contributed by atoms with Crippen LogP contribution in [0.1, 0.15) is 37.9 Å². The molecule has 1 heterocycles. The van der Waals surface area contributed by atoms with Gasteiger partial charge < -0.3 is 20.7 Å². The maximum Gasteiger partial charge on any atom is 0.405 e. The molecule has 2 aromatic rings. The number of benzene rings is 1. The molecule has 1 aromatic carbocycles. The fraction of sp³-hybridized carbons (Fsp3) is 0.353. The molecule has 0 spiro atoms. The maximum atomic E-state index is 11.1. The first-order chi connectivity index (χ1) is 11.6. The molecule has 4 N–H and O–H groups in total. The van der Waals surface area contributed by atoms with Crippen molar-refractivity contribution in [2.24, 2.45) is 0 Å². The topological polar surface area (TPSA) is 90.0 Å². The lowest BCUT2D eigenvalue weighted by molar-refractivity contribution is 0.188. The zero-order chi connectivity index (χ0) is 17.4. The van der Waals surface area contributed by atoms with E-state index in [1.165, 1.54) is 0 Å². The monoisotopic (exact) mass is 346 g/mol. The Labute approximate surface area is 146 Å². The van der Waals surface area contributed by atoms with Crippen molar-refractivity contribution in [2.75, 3.05) is 6.54 Å². The first-order valence-corrected chi connectivity index (χ1v) is 8.31. The van der Waals surface area contributed by atoms with E-state index in [4.69, 9.17) is 17.3 Å². The van der Waals surface area contributed by atoms with Crippen molar-refractivity contribution in [3.63, 3.8) is 0 Å². The Kier molecular flexibility index (Phi) is 6.74. The number of carbonyl (C=O) groups is 1. The second-order valence-electron chi connectivity index (χ2n) is 5.53. The van der Waals surface area contributed by atoms with Crippen LogP contribution in [0.5, 0.6) is 0 Å². The van der Waals surface area contributed by atoms with E-state index in [2.05, 4.69) is 20.6 Å². The van der Waals surface area contributed by atoms with Crippen molar-refractivity contribution in [3.8, 4) is 11.4 Å². The van der Waals surface area contributed by atoms with Crippen LogP contribution in [0.3, 0.4) is 0 Å². The molecule has 0 saturated carbocycles. The first-order valence-electron chi connectivity index (χ1n) is 7.90. The maximum absolute atomic E-state index is 11.1. The summed E-state index contributed by atoms with van der Waals surface area (Å²) in [6, 6.07) is 9.44. The zero-order valence-electron chi connectivity index (χ0n) is 13.6. The molecule has 128 valence electrons. The molecule has 0 aliphatic heterocycles. The van der Waals surface area contributed by atoms with Crippen LogP contribution < -0.4 is 10.6 Å². The Morgan fingerprint density at radius 3 is 2.75 bits per heavy atom. The van der Waals surface area contributed by atoms with E-state index in [0.29, 0.717) is 6.42 Å². The van der Waals surface area contributed by atoms with Gasteiger partial charge in [-0.3, -0.25) is 0 Å². The van der Waals surface area contributed by atoms with Gasteiger partial charge >= 0.3 is 6.09 Å². The molecule has 2 rings (SSSR count). The van der Waals surface area contributed by atoms with Gasteiger partial charge in [0.05, 0.1) is 22.9 Å². The highest BCUT2D eigenvalue weighted by atomic mass is 32.1. The molecule has 0 saturated heterocycles. The average Bonchev–Trinajstić information content (AvgIpc) is 3.03. The number of aromatic nitrogens is 2. The van der Waals surface area contributed by atoms with E-state index in [1.54, 1.807) is 6.20 Å². The van der Waals surface area contributed by atoms with Crippen LogP contribution in [0, 0.1) is 0 Å². The molecule has 6 nitrogen and oxygen atoms in total. The standard InChI is InChI=1S/C17H22N4O2S/c1-12(24)18-10-6-5-9-14(21-17(22)23)15-11-19-16(20-15)13-7-3-2-4-8-13/h2-4,7-8,11,14,21H,5-6,9-10H2,1H3,(H,18,24)(H,19,20)(H,22,23). The molecule has 0 radical (unpaired) electrons. The fourth-order valence-electron chi connectivity index (χ4n) is 2.45. The fourth-order valence-corrected chi connectivity index (χ4v) is 2.55. The lowest BCUT2D eigenvalue weighted by Gasteiger charge is -2.15. The second-order valence-corrected chi connectivity index (χ2v) is 6.15. The van der Waals surface area contributed by atoms with Crippen molar-refractivity contribution < 1.29 is 9.90 Å². The Bertz CT molecular complexity index is 672. The minimum atomic E-state index is -1.04. The first kappa shape index (κ1) is 17.9. The molecule has 24 heavy (non-hydrogen) atoms. The third-order valence-corrected chi connectivity index (χ3v) is 3.75. The van der Waals surface area contributed by atoms with E-state index in [9.17, 15) is 4.79 Å². The Balaban J connectivity index is 1.98. The molecule has 0 aliphatic rings. The number of nitrogens with zero attached hydrogens (tertiary/aromatic N) is 1. The predicted octanol–water partition coefficient (Wildman–Crippen LogP) is 3.49. The van der Waals surface area contributed by atoms with Gasteiger partial charge in [-0.15, -0.1) is 0 Å². The molecule has 0 fully saturated rings. The van der Waals surface area contributed by atoms with Gasteiger partial charge in [0.1, 0.15) is 5.82 Å². The highest BCUT2D eigenvalue weighted by Crippen LogP contribution is 2.21. The van der Waals surface area contributed by atoms with E-state index < -0.39 is 6.09 Å². The summed E-state index contributed by atoms with van der Waals surface area (Å²) in [4.78, 5) is 19.4. The van der Waals surface area contributed by atoms with Crippen LogP contribution in [0.15, 0.2) is 36.5 Å². The van der Waals surface area contributed by atoms with Crippen LogP contribution in [0.4, 0.5) is 4.79 Å². The Morgan fingerprint density at radius 2 is 2.08 bits per heavy atom. The largest absolute Gasteiger partial charge is 0.465 e. The van der Waals surface area contributed by atoms with Crippen molar-refractivity contribution in [1.82, 2.24) is 20.6 Å². The van der Waals surface area contributed by atoms with Gasteiger partial charge in [-0.25, -0.2) is 9.78 Å². The molecule has 1 amide bonds. The summed E-state index contributed by atoms with van der Waals surface area (Å²) in [5, 5.41) is 14.7. The zero-order valence-corrected chi connectivity index (χ0v) is 14.4. The van der Waals surface area contributed by atoms with E-state index in [-0.39, 0.29) is 6.04 Å². The summed E-state index contributed by atoms with van der Waals surface area (Å²) in [6.45, 7) is 2.65. The summed E-state index contributed by atoms with van der Waals surface area (Å²) in [5.41, 5.74) is 1.74. The molecule has 7 heteroatoms. The molecule has 1 atom stereocenters. The number of imidazole rings is 1. The lowest BCUT2D eigenvalue weighted by Crippen LogP contribution is -2.27. The normalized spacial score (nSPS) is 11.7. The number of unbranched alkanes of at least 4 members (excludes halogenated alkanes) is 1. The Hall–Kier alpha value is -2.41. The van der Waals surface area contributed by atoms with Crippen LogP contribution in [-0.4, -0.2) is 32.7 Å². The minimum Gasteiger partial charge on any atom is -0.465 e. The number of thiocarbonyl (C=S) groups is 1. The van der Waals surface area contributed by atoms with E-state index in [0.717, 1.165) is 41.5 Å². The molecule has 1 aromatic heterocycles. The minimum absolute atomic E-state index is 0.305. The van der Waals surface area contributed by atoms with Gasteiger partial charge in [-0.05, 0) is 26.2 Å². The summed E-state index contributed by atoms with van der Waals surface area (Å²) in [5.74, 6) is 0.737. The third kappa shape index (κ3) is 5.66. The number of amides is 1. The van der Waals surface area contributed by atoms with Crippen molar-refractivity contribution in [2.45, 2.75) is 32.2 Å². The molecule has 1 unspecified atom stereocenters. The highest BCUT2D eigenvalue weighted by molar-refractivity contribution is 7.80. The number of hydrogen-bond acceptors (Lipinski definition) is 3. The third-order valence-electron chi connectivity index (χ3n) is 3.61. The quantitative estimate of drug-likeness (QED) is 0.434. The predicted molar refractivity (Wildman–Crippen MR) is 98.1 cm³/mol. The van der Waals surface area contributed by atoms with E-state index >= 15 is 0 Å². The summed E-state index contributed by atoms with van der Waals surface area (Å²) in [7, 11) is 0. The number of rotatable bonds is 8. The summed E-state index contributed by atoms with van der Waals surface area (Å²) in [6.07, 6.45) is 3.15. The number of hydrogen-bond donors (Lipinski definition) is 4. The van der Waals surface area contributed by atoms with Crippen LogP contribution in [0.25, 0.3) is 11.4 Å². The van der Waals surface area contributed by atoms with Crippen LogP contribution in [0.2, 0.25) is 0 Å². The SMILES string of the molecule is CC(=S)NCCCCC(NC(=O)O)c1cnc(-c2ccccc2)[nH]1. The molecular formula is C17H22N4O2S. The molecule has 0 bridgehead atoms. The van der Waals surface area contributed by atoms with Crippen molar-refractivity contribution in [3.05, 3.63) is 42.2 Å². The second kappa shape index (κ2) is 9.02. The highest BCUT2D eigenvalue weighted by Gasteiger charge is 2.16. The van der Waals surface area contributed by atoms with Gasteiger partial charge in [0.25, 0.3) is 0 Å². The van der Waals surface area contributed by atoms with Crippen LogP contribution >= 0.6 is 12.2 Å². The smallest absolute Gasteiger partial charge is 0.405 e. The Morgan fingerprint density at radius 1 is 1.33 bits per heavy atom. The lowest BCUT2D eigenvalue weighted by atomic mass is 10.1. The number of H-pyrrole nitrogens is 1. The van der Waals surface area contributed by atoms with Crippen molar-refractivity contribution in [1.29, 1.82) is 0 Å². The summed E-state index contributed by atoms with van der Waals surface area (Å²) >= 11 is 4.97. The number of nitrogens with one attached hydrogen (secondary N) is 3. The number of carboxylic acid groups (broad SMARTS) is 1. The summed E-state index contributed by atoms with van der Waals surface area (Å²) < 4.78 is 0. The van der Waals surface area contributed by atoms with Gasteiger partial charge in [-0.1, -0.05) is 42.5 Å². The van der Waals surface area contributed by atoms with Crippen molar-refractivity contribution >= 4 is 23.3 Å². The average molecular weight is 346 g/mol.